The van der Waals surface area contributed by atoms with Crippen molar-refractivity contribution >= 4 is 11.4 Å². The minimum atomic E-state index is -1.34. The first kappa shape index (κ1) is 27.2. The summed E-state index contributed by atoms with van der Waals surface area (Å²) in [5.41, 5.74) is 14.3. The fourth-order valence-electron chi connectivity index (χ4n) is 4.84. The number of hydrogen-bond acceptors (Lipinski definition) is 6. The molecule has 0 fully saturated rings. The van der Waals surface area contributed by atoms with E-state index in [4.69, 9.17) is 16.2 Å². The lowest BCUT2D eigenvalue weighted by Crippen LogP contribution is -2.52. The molecule has 0 radical (unpaired) electrons. The van der Waals surface area contributed by atoms with E-state index in [-0.39, 0.29) is 6.04 Å². The Morgan fingerprint density at radius 3 is 1.68 bits per heavy atom. The topological polar surface area (TPSA) is 105 Å². The maximum absolute atomic E-state index is 12.3. The van der Waals surface area contributed by atoms with Crippen molar-refractivity contribution in [3.63, 3.8) is 0 Å². The molecule has 0 aliphatic rings. The van der Waals surface area contributed by atoms with Crippen LogP contribution in [0.1, 0.15) is 37.0 Å². The monoisotopic (exact) mass is 511 g/mol. The fourth-order valence-corrected chi connectivity index (χ4v) is 4.84. The lowest BCUT2D eigenvalue weighted by atomic mass is 9.81. The number of anilines is 2. The summed E-state index contributed by atoms with van der Waals surface area (Å²) in [5, 5.41) is 23.2. The Morgan fingerprint density at radius 1 is 0.737 bits per heavy atom. The highest BCUT2D eigenvalue weighted by Crippen LogP contribution is 2.37. The smallest absolute Gasteiger partial charge is 0.178 e. The van der Waals surface area contributed by atoms with E-state index in [1.807, 2.05) is 91.9 Å². The normalized spacial score (nSPS) is 14.1. The van der Waals surface area contributed by atoms with Crippen LogP contribution in [-0.2, 0) is 12.1 Å². The summed E-state index contributed by atoms with van der Waals surface area (Å²) in [6.07, 6.45) is -1.13. The van der Waals surface area contributed by atoms with Gasteiger partial charge in [0.25, 0.3) is 0 Å². The van der Waals surface area contributed by atoms with Gasteiger partial charge in [-0.3, -0.25) is 4.90 Å². The number of rotatable bonds is 11. The Balaban J connectivity index is 1.73. The van der Waals surface area contributed by atoms with Crippen molar-refractivity contribution < 1.29 is 14.9 Å². The highest BCUT2D eigenvalue weighted by Gasteiger charge is 2.38. The first-order chi connectivity index (χ1) is 18.3. The predicted molar refractivity (Wildman–Crippen MR) is 153 cm³/mol. The number of nitrogens with two attached hydrogens (primary N) is 2. The van der Waals surface area contributed by atoms with Crippen LogP contribution in [0.15, 0.2) is 109 Å². The minimum Gasteiger partial charge on any atom is -0.472 e. The summed E-state index contributed by atoms with van der Waals surface area (Å²) in [4.78, 5) is 2.10. The first-order valence-electron chi connectivity index (χ1n) is 12.9. The van der Waals surface area contributed by atoms with Crippen LogP contribution in [0.2, 0.25) is 0 Å². The molecule has 4 rings (SSSR count). The van der Waals surface area contributed by atoms with Gasteiger partial charge in [0.15, 0.2) is 6.23 Å². The number of hydrogen-bond donors (Lipinski definition) is 4. The third-order valence-electron chi connectivity index (χ3n) is 6.88. The molecular weight excluding hydrogens is 474 g/mol. The van der Waals surface area contributed by atoms with E-state index in [9.17, 15) is 10.2 Å². The second-order valence-corrected chi connectivity index (χ2v) is 9.88. The molecule has 198 valence electrons. The minimum absolute atomic E-state index is 0.223. The van der Waals surface area contributed by atoms with Crippen LogP contribution in [0.4, 0.5) is 11.4 Å². The highest BCUT2D eigenvalue weighted by atomic mass is 16.5. The molecule has 0 bridgehead atoms. The van der Waals surface area contributed by atoms with Crippen LogP contribution in [0.5, 0.6) is 5.75 Å². The van der Waals surface area contributed by atoms with Crippen LogP contribution in [0.25, 0.3) is 0 Å². The van der Waals surface area contributed by atoms with Gasteiger partial charge in [-0.05, 0) is 73.4 Å². The molecule has 4 aromatic carbocycles. The molecule has 6 nitrogen and oxygen atoms in total. The van der Waals surface area contributed by atoms with Crippen LogP contribution in [0.3, 0.4) is 0 Å². The van der Waals surface area contributed by atoms with Crippen molar-refractivity contribution in [3.05, 3.63) is 126 Å². The van der Waals surface area contributed by atoms with Gasteiger partial charge < -0.3 is 26.4 Å². The van der Waals surface area contributed by atoms with Gasteiger partial charge in [0.1, 0.15) is 17.5 Å². The van der Waals surface area contributed by atoms with Crippen molar-refractivity contribution in [2.24, 2.45) is 0 Å². The number of nitrogens with zero attached hydrogens (tertiary/aromatic N) is 1. The SMILES string of the molecule is CC(O)C(Oc1ccccc1)N(Cc1ccccc1)[C@@H](C)CC(O)(c1ccc(N)cc1)c1ccc(N)cc1. The van der Waals surface area contributed by atoms with Gasteiger partial charge in [-0.2, -0.15) is 0 Å². The molecule has 0 saturated heterocycles. The van der Waals surface area contributed by atoms with Crippen LogP contribution < -0.4 is 16.2 Å². The number of aliphatic hydroxyl groups excluding tert-OH is 1. The quantitative estimate of drug-likeness (QED) is 0.164. The zero-order valence-corrected chi connectivity index (χ0v) is 21.9. The Morgan fingerprint density at radius 2 is 1.21 bits per heavy atom. The molecule has 38 heavy (non-hydrogen) atoms. The van der Waals surface area contributed by atoms with Crippen molar-refractivity contribution in [2.45, 2.75) is 50.8 Å². The molecule has 0 amide bonds. The molecule has 4 aromatic rings. The molecular formula is C32H37N3O3. The van der Waals surface area contributed by atoms with Crippen molar-refractivity contribution in [1.82, 2.24) is 4.90 Å². The Hall–Kier alpha value is -3.84. The lowest BCUT2D eigenvalue weighted by Gasteiger charge is -2.41. The first-order valence-corrected chi connectivity index (χ1v) is 12.9. The largest absolute Gasteiger partial charge is 0.472 e. The number of aliphatic hydroxyl groups is 2. The Kier molecular flexibility index (Phi) is 8.69. The maximum atomic E-state index is 12.3. The number of ether oxygens (including phenoxy) is 1. The lowest BCUT2D eigenvalue weighted by molar-refractivity contribution is -0.0915. The maximum Gasteiger partial charge on any atom is 0.178 e. The second kappa shape index (κ2) is 12.1. The van der Waals surface area contributed by atoms with Gasteiger partial charge >= 0.3 is 0 Å². The average molecular weight is 512 g/mol. The van der Waals surface area contributed by atoms with Gasteiger partial charge in [0, 0.05) is 24.0 Å². The summed E-state index contributed by atoms with van der Waals surface area (Å²) in [6.45, 7) is 4.29. The third kappa shape index (κ3) is 6.53. The van der Waals surface area contributed by atoms with E-state index in [2.05, 4.69) is 4.90 Å². The summed E-state index contributed by atoms with van der Waals surface area (Å²) >= 11 is 0. The fraction of sp³-hybridized carbons (Fsp3) is 0.250. The Bertz CT molecular complexity index is 1220. The van der Waals surface area contributed by atoms with E-state index < -0.39 is 17.9 Å². The number of benzene rings is 4. The van der Waals surface area contributed by atoms with E-state index in [1.54, 1.807) is 31.2 Å². The zero-order valence-electron chi connectivity index (χ0n) is 21.9. The molecule has 6 heteroatoms. The molecule has 0 aliphatic carbocycles. The van der Waals surface area contributed by atoms with Crippen molar-refractivity contribution in [3.8, 4) is 5.75 Å². The van der Waals surface area contributed by atoms with Crippen LogP contribution in [0, 0.1) is 0 Å². The van der Waals surface area contributed by atoms with Gasteiger partial charge in [0.2, 0.25) is 0 Å². The number of para-hydroxylation sites is 1. The molecule has 0 spiro atoms. The molecule has 3 atom stereocenters. The predicted octanol–water partition coefficient (Wildman–Crippen LogP) is 5.15. The second-order valence-electron chi connectivity index (χ2n) is 9.88. The average Bonchev–Trinajstić information content (AvgIpc) is 2.92. The van der Waals surface area contributed by atoms with E-state index in [0.717, 1.165) is 16.7 Å². The molecule has 0 aliphatic heterocycles. The van der Waals surface area contributed by atoms with Gasteiger partial charge in [-0.15, -0.1) is 0 Å². The van der Waals surface area contributed by atoms with E-state index in [0.29, 0.717) is 30.1 Å². The standard InChI is InChI=1S/C32H37N3O3/c1-23(21-32(37,26-13-17-28(33)18-14-26)27-15-19-29(34)20-16-27)35(22-25-9-5-3-6-10-25)31(24(2)36)38-30-11-7-4-8-12-30/h3-20,23-24,31,36-37H,21-22,33-34H2,1-2H3/t23-,24?,31?/m0/s1. The van der Waals surface area contributed by atoms with Crippen LogP contribution >= 0.6 is 0 Å². The van der Waals surface area contributed by atoms with Gasteiger partial charge in [-0.1, -0.05) is 72.8 Å². The summed E-state index contributed by atoms with van der Waals surface area (Å²) in [5.74, 6) is 0.663. The van der Waals surface area contributed by atoms with Crippen molar-refractivity contribution in [2.75, 3.05) is 11.5 Å². The third-order valence-corrected chi connectivity index (χ3v) is 6.88. The summed E-state index contributed by atoms with van der Waals surface area (Å²) in [7, 11) is 0. The molecule has 6 N–H and O–H groups in total. The van der Waals surface area contributed by atoms with E-state index in [1.165, 1.54) is 0 Å². The number of nitrogen functional groups attached to an aromatic ring is 2. The van der Waals surface area contributed by atoms with Crippen molar-refractivity contribution in [1.29, 1.82) is 0 Å². The zero-order chi connectivity index (χ0) is 27.1. The summed E-state index contributed by atoms with van der Waals surface area (Å²) in [6, 6.07) is 33.9. The van der Waals surface area contributed by atoms with E-state index >= 15 is 0 Å². The highest BCUT2D eigenvalue weighted by molar-refractivity contribution is 5.47. The Labute approximate surface area is 225 Å². The molecule has 2 unspecified atom stereocenters. The van der Waals surface area contributed by atoms with Gasteiger partial charge in [-0.25, -0.2) is 0 Å². The van der Waals surface area contributed by atoms with Gasteiger partial charge in [0.05, 0.1) is 0 Å². The molecule has 0 aromatic heterocycles. The van der Waals surface area contributed by atoms with Crippen LogP contribution in [-0.4, -0.2) is 33.5 Å². The molecule has 0 heterocycles. The molecule has 0 saturated carbocycles. The summed E-state index contributed by atoms with van der Waals surface area (Å²) < 4.78 is 6.35.